The van der Waals surface area contributed by atoms with Gasteiger partial charge in [-0.3, -0.25) is 4.99 Å². The fourth-order valence-corrected chi connectivity index (χ4v) is 1.92. The summed E-state index contributed by atoms with van der Waals surface area (Å²) in [7, 11) is 2.18. The molecular formula is C12H26N4. The average Bonchev–Trinajstić information content (AvgIpc) is 2.29. The maximum Gasteiger partial charge on any atom is 0.188 e. The first-order chi connectivity index (χ1) is 7.72. The molecule has 1 aliphatic heterocycles. The molecule has 0 amide bonds. The number of unbranched alkanes of at least 4 members (excludes halogenated alkanes) is 1. The van der Waals surface area contributed by atoms with Crippen molar-refractivity contribution in [2.24, 2.45) is 16.6 Å². The molecule has 1 saturated heterocycles. The minimum absolute atomic E-state index is 0.618. The first-order valence-electron chi connectivity index (χ1n) is 6.44. The minimum Gasteiger partial charge on any atom is -0.370 e. The van der Waals surface area contributed by atoms with Crippen LogP contribution in [0.3, 0.4) is 0 Å². The Bertz CT molecular complexity index is 207. The molecule has 0 unspecified atom stereocenters. The van der Waals surface area contributed by atoms with E-state index in [2.05, 4.69) is 29.2 Å². The minimum atomic E-state index is 0.618. The lowest BCUT2D eigenvalue weighted by Crippen LogP contribution is -2.34. The monoisotopic (exact) mass is 226 g/mol. The van der Waals surface area contributed by atoms with Gasteiger partial charge in [-0.2, -0.15) is 0 Å². The zero-order valence-corrected chi connectivity index (χ0v) is 10.7. The third-order valence-corrected chi connectivity index (χ3v) is 3.19. The molecule has 0 radical (unpaired) electrons. The van der Waals surface area contributed by atoms with Crippen LogP contribution in [0.4, 0.5) is 0 Å². The van der Waals surface area contributed by atoms with Gasteiger partial charge in [-0.25, -0.2) is 0 Å². The van der Waals surface area contributed by atoms with Crippen molar-refractivity contribution in [3.05, 3.63) is 0 Å². The van der Waals surface area contributed by atoms with Crippen LogP contribution >= 0.6 is 0 Å². The lowest BCUT2D eigenvalue weighted by molar-refractivity contribution is 0.223. The molecule has 0 aliphatic carbocycles. The molecule has 0 spiro atoms. The van der Waals surface area contributed by atoms with Gasteiger partial charge in [0.15, 0.2) is 5.96 Å². The Hall–Kier alpha value is -0.770. The number of nitrogens with two attached hydrogens (primary N) is 1. The molecule has 0 saturated carbocycles. The predicted molar refractivity (Wildman–Crippen MR) is 69.6 cm³/mol. The summed E-state index contributed by atoms with van der Waals surface area (Å²) < 4.78 is 0. The van der Waals surface area contributed by atoms with E-state index in [-0.39, 0.29) is 0 Å². The van der Waals surface area contributed by atoms with Gasteiger partial charge >= 0.3 is 0 Å². The highest BCUT2D eigenvalue weighted by Gasteiger charge is 2.15. The lowest BCUT2D eigenvalue weighted by atomic mass is 9.97. The van der Waals surface area contributed by atoms with E-state index < -0.39 is 0 Å². The second kappa shape index (κ2) is 7.49. The molecule has 0 bridgehead atoms. The standard InChI is InChI=1S/C12H26N4/c1-3-4-7-14-12(13)15-10-11-5-8-16(2)9-6-11/h11H,3-10H2,1-2H3,(H3,13,14,15). The van der Waals surface area contributed by atoms with E-state index in [1.54, 1.807) is 0 Å². The number of likely N-dealkylation sites (tertiary alicyclic amines) is 1. The van der Waals surface area contributed by atoms with Crippen molar-refractivity contribution in [3.63, 3.8) is 0 Å². The zero-order valence-electron chi connectivity index (χ0n) is 10.7. The van der Waals surface area contributed by atoms with Gasteiger partial charge in [-0.15, -0.1) is 0 Å². The van der Waals surface area contributed by atoms with Crippen LogP contribution in [0.15, 0.2) is 4.99 Å². The van der Waals surface area contributed by atoms with Gasteiger partial charge in [-0.05, 0) is 45.3 Å². The summed E-state index contributed by atoms with van der Waals surface area (Å²) in [5, 5.41) is 3.15. The number of rotatable bonds is 5. The molecule has 1 rings (SSSR count). The van der Waals surface area contributed by atoms with Crippen molar-refractivity contribution in [1.29, 1.82) is 0 Å². The van der Waals surface area contributed by atoms with Crippen molar-refractivity contribution >= 4 is 5.96 Å². The van der Waals surface area contributed by atoms with E-state index in [0.29, 0.717) is 5.96 Å². The second-order valence-corrected chi connectivity index (χ2v) is 4.75. The van der Waals surface area contributed by atoms with Crippen LogP contribution in [0.5, 0.6) is 0 Å². The van der Waals surface area contributed by atoms with E-state index in [1.807, 2.05) is 0 Å². The first-order valence-corrected chi connectivity index (χ1v) is 6.44. The second-order valence-electron chi connectivity index (χ2n) is 4.75. The Kier molecular flexibility index (Phi) is 6.23. The largest absolute Gasteiger partial charge is 0.370 e. The van der Waals surface area contributed by atoms with Crippen LogP contribution in [0, 0.1) is 5.92 Å². The third-order valence-electron chi connectivity index (χ3n) is 3.19. The summed E-state index contributed by atoms with van der Waals surface area (Å²) >= 11 is 0. The molecule has 0 aromatic heterocycles. The van der Waals surface area contributed by atoms with E-state index in [1.165, 1.54) is 32.4 Å². The molecule has 0 aromatic rings. The average molecular weight is 226 g/mol. The molecular weight excluding hydrogens is 200 g/mol. The van der Waals surface area contributed by atoms with Gasteiger partial charge in [-0.1, -0.05) is 13.3 Å². The van der Waals surface area contributed by atoms with Crippen molar-refractivity contribution in [2.75, 3.05) is 33.2 Å². The summed E-state index contributed by atoms with van der Waals surface area (Å²) in [6.07, 6.45) is 4.85. The SMILES string of the molecule is CCCCNC(N)=NCC1CCN(C)CC1. The molecule has 0 atom stereocenters. The Morgan fingerprint density at radius 1 is 1.44 bits per heavy atom. The first kappa shape index (κ1) is 13.3. The van der Waals surface area contributed by atoms with Crippen LogP contribution < -0.4 is 11.1 Å². The number of guanidine groups is 1. The predicted octanol–water partition coefficient (Wildman–Crippen LogP) is 1.03. The van der Waals surface area contributed by atoms with Crippen LogP contribution in [0.25, 0.3) is 0 Å². The van der Waals surface area contributed by atoms with Crippen molar-refractivity contribution in [2.45, 2.75) is 32.6 Å². The number of hydrogen-bond donors (Lipinski definition) is 2. The number of nitrogens with zero attached hydrogens (tertiary/aromatic N) is 2. The van der Waals surface area contributed by atoms with Crippen LogP contribution in [0.2, 0.25) is 0 Å². The third kappa shape index (κ3) is 5.35. The highest BCUT2D eigenvalue weighted by molar-refractivity contribution is 5.77. The highest BCUT2D eigenvalue weighted by atomic mass is 15.1. The van der Waals surface area contributed by atoms with Gasteiger partial charge in [0.05, 0.1) is 0 Å². The summed E-state index contributed by atoms with van der Waals surface area (Å²) in [5.74, 6) is 1.34. The Labute approximate surface area is 99.3 Å². The fraction of sp³-hybridized carbons (Fsp3) is 0.917. The summed E-state index contributed by atoms with van der Waals surface area (Å²) in [6, 6.07) is 0. The van der Waals surface area contributed by atoms with Crippen LogP contribution in [0.1, 0.15) is 32.6 Å². The zero-order chi connectivity index (χ0) is 11.8. The molecule has 1 heterocycles. The molecule has 1 fully saturated rings. The van der Waals surface area contributed by atoms with Gasteiger partial charge in [0.2, 0.25) is 0 Å². The number of piperidine rings is 1. The Morgan fingerprint density at radius 2 is 2.12 bits per heavy atom. The summed E-state index contributed by atoms with van der Waals surface area (Å²) in [6.45, 7) is 6.40. The summed E-state index contributed by atoms with van der Waals surface area (Å²) in [4.78, 5) is 6.79. The summed E-state index contributed by atoms with van der Waals surface area (Å²) in [5.41, 5.74) is 5.79. The molecule has 3 N–H and O–H groups in total. The lowest BCUT2D eigenvalue weighted by Gasteiger charge is -2.27. The molecule has 94 valence electrons. The van der Waals surface area contributed by atoms with E-state index in [4.69, 9.17) is 5.73 Å². The normalized spacial score (nSPS) is 20.0. The highest BCUT2D eigenvalue weighted by Crippen LogP contribution is 2.15. The Morgan fingerprint density at radius 3 is 2.75 bits per heavy atom. The number of aliphatic imine (C=N–C) groups is 1. The molecule has 4 heteroatoms. The molecule has 0 aromatic carbocycles. The van der Waals surface area contributed by atoms with E-state index >= 15 is 0 Å². The maximum absolute atomic E-state index is 5.79. The maximum atomic E-state index is 5.79. The van der Waals surface area contributed by atoms with Gasteiger partial charge in [0, 0.05) is 13.1 Å². The van der Waals surface area contributed by atoms with Gasteiger partial charge in [0.25, 0.3) is 0 Å². The molecule has 16 heavy (non-hydrogen) atoms. The number of nitrogens with one attached hydrogen (secondary N) is 1. The van der Waals surface area contributed by atoms with Crippen molar-refractivity contribution in [3.8, 4) is 0 Å². The molecule has 4 nitrogen and oxygen atoms in total. The van der Waals surface area contributed by atoms with Crippen molar-refractivity contribution in [1.82, 2.24) is 10.2 Å². The quantitative estimate of drug-likeness (QED) is 0.418. The topological polar surface area (TPSA) is 53.6 Å². The number of hydrogen-bond acceptors (Lipinski definition) is 2. The smallest absolute Gasteiger partial charge is 0.188 e. The Balaban J connectivity index is 2.14. The van der Waals surface area contributed by atoms with Gasteiger partial charge < -0.3 is 16.0 Å². The molecule has 1 aliphatic rings. The van der Waals surface area contributed by atoms with Crippen molar-refractivity contribution < 1.29 is 0 Å². The van der Waals surface area contributed by atoms with Crippen LogP contribution in [-0.4, -0.2) is 44.1 Å². The van der Waals surface area contributed by atoms with E-state index in [9.17, 15) is 0 Å². The fourth-order valence-electron chi connectivity index (χ4n) is 1.92. The van der Waals surface area contributed by atoms with Gasteiger partial charge in [0.1, 0.15) is 0 Å². The van der Waals surface area contributed by atoms with Crippen LogP contribution in [-0.2, 0) is 0 Å². The van der Waals surface area contributed by atoms with E-state index in [0.717, 1.165) is 25.4 Å².